The van der Waals surface area contributed by atoms with Crippen molar-refractivity contribution >= 4 is 11.6 Å². The van der Waals surface area contributed by atoms with Gasteiger partial charge < -0.3 is 10.4 Å². The molecule has 0 saturated heterocycles. The number of hydrogen-bond donors (Lipinski definition) is 2. The number of phenolic OH excluding ortho intramolecular Hbond substituents is 1. The van der Waals surface area contributed by atoms with Crippen LogP contribution in [0.4, 0.5) is 5.69 Å². The molecule has 118 valence electrons. The van der Waals surface area contributed by atoms with E-state index in [0.717, 1.165) is 16.8 Å². The number of carbonyl (C=O) groups excluding carboxylic acids is 1. The predicted molar refractivity (Wildman–Crippen MR) is 87.5 cm³/mol. The average Bonchev–Trinajstić information content (AvgIpc) is 2.82. The Kier molecular flexibility index (Phi) is 4.54. The fourth-order valence-electron chi connectivity index (χ4n) is 2.46. The molecule has 1 aromatic carbocycles. The van der Waals surface area contributed by atoms with Gasteiger partial charge in [0.25, 0.3) is 5.91 Å². The lowest BCUT2D eigenvalue weighted by molar-refractivity contribution is 0.101. The van der Waals surface area contributed by atoms with E-state index in [4.69, 9.17) is 0 Å². The number of carbonyl (C=O) groups is 1. The molecule has 0 radical (unpaired) electrons. The van der Waals surface area contributed by atoms with Crippen LogP contribution in [0, 0.1) is 13.8 Å². The lowest BCUT2D eigenvalue weighted by Gasteiger charge is -2.14. The summed E-state index contributed by atoms with van der Waals surface area (Å²) in [6, 6.07) is 5.30. The van der Waals surface area contributed by atoms with Crippen molar-refractivity contribution in [3.63, 3.8) is 0 Å². The van der Waals surface area contributed by atoms with Gasteiger partial charge in [0.15, 0.2) is 0 Å². The van der Waals surface area contributed by atoms with Crippen LogP contribution in [0.1, 0.15) is 54.0 Å². The molecule has 1 heterocycles. The summed E-state index contributed by atoms with van der Waals surface area (Å²) in [5, 5.41) is 17.2. The van der Waals surface area contributed by atoms with Crippen molar-refractivity contribution in [3.8, 4) is 5.75 Å². The van der Waals surface area contributed by atoms with Gasteiger partial charge in [0.2, 0.25) is 0 Å². The molecule has 0 aliphatic rings. The molecular formula is C17H23N3O2. The number of nitrogens with one attached hydrogen (secondary N) is 1. The SMILES string of the molecule is CCn1nc(C)cc1C(=O)Nc1cc(C(C)C)c(O)cc1C. The second-order valence-corrected chi connectivity index (χ2v) is 5.82. The maximum Gasteiger partial charge on any atom is 0.273 e. The van der Waals surface area contributed by atoms with Gasteiger partial charge >= 0.3 is 0 Å². The van der Waals surface area contributed by atoms with Gasteiger partial charge in [0.1, 0.15) is 11.4 Å². The van der Waals surface area contributed by atoms with Crippen LogP contribution >= 0.6 is 0 Å². The molecule has 0 aliphatic heterocycles. The van der Waals surface area contributed by atoms with Gasteiger partial charge in [0, 0.05) is 12.2 Å². The number of amides is 1. The second kappa shape index (κ2) is 6.22. The lowest BCUT2D eigenvalue weighted by atomic mass is 9.99. The van der Waals surface area contributed by atoms with E-state index in [1.165, 1.54) is 0 Å². The summed E-state index contributed by atoms with van der Waals surface area (Å²) in [6.45, 7) is 10.3. The monoisotopic (exact) mass is 301 g/mol. The number of phenols is 1. The third kappa shape index (κ3) is 3.13. The molecule has 2 rings (SSSR count). The van der Waals surface area contributed by atoms with Crippen LogP contribution in [0.25, 0.3) is 0 Å². The van der Waals surface area contributed by atoms with Crippen LogP contribution in [0.15, 0.2) is 18.2 Å². The third-order valence-corrected chi connectivity index (χ3v) is 3.68. The topological polar surface area (TPSA) is 67.2 Å². The predicted octanol–water partition coefficient (Wildman–Crippen LogP) is 3.60. The number of anilines is 1. The summed E-state index contributed by atoms with van der Waals surface area (Å²) < 4.78 is 1.68. The Balaban J connectivity index is 2.34. The standard InChI is InChI=1S/C17H23N3O2/c1-6-20-15(8-12(5)19-20)17(22)18-14-9-13(10(2)3)16(21)7-11(14)4/h7-10,21H,6H2,1-5H3,(H,18,22). The largest absolute Gasteiger partial charge is 0.508 e. The average molecular weight is 301 g/mol. The summed E-state index contributed by atoms with van der Waals surface area (Å²) in [5.74, 6) is 0.255. The Morgan fingerprint density at radius 3 is 2.59 bits per heavy atom. The molecule has 2 N–H and O–H groups in total. The summed E-state index contributed by atoms with van der Waals surface area (Å²) in [5.41, 5.74) is 3.72. The number of nitrogens with zero attached hydrogens (tertiary/aromatic N) is 2. The quantitative estimate of drug-likeness (QED) is 0.848. The first-order chi connectivity index (χ1) is 10.3. The van der Waals surface area contributed by atoms with Crippen LogP contribution in [0.2, 0.25) is 0 Å². The maximum absolute atomic E-state index is 12.5. The zero-order valence-corrected chi connectivity index (χ0v) is 13.8. The van der Waals surface area contributed by atoms with Gasteiger partial charge in [-0.3, -0.25) is 9.48 Å². The van der Waals surface area contributed by atoms with Gasteiger partial charge in [0.05, 0.1) is 5.69 Å². The highest BCUT2D eigenvalue weighted by Gasteiger charge is 2.16. The lowest BCUT2D eigenvalue weighted by Crippen LogP contribution is -2.18. The van der Waals surface area contributed by atoms with Gasteiger partial charge in [-0.15, -0.1) is 0 Å². The number of aromatic hydroxyl groups is 1. The van der Waals surface area contributed by atoms with Gasteiger partial charge in [-0.25, -0.2) is 0 Å². The van der Waals surface area contributed by atoms with E-state index in [1.807, 2.05) is 40.7 Å². The van der Waals surface area contributed by atoms with E-state index < -0.39 is 0 Å². The molecule has 0 spiro atoms. The van der Waals surface area contributed by atoms with Crippen LogP contribution in [0.5, 0.6) is 5.75 Å². The molecule has 0 bridgehead atoms. The minimum Gasteiger partial charge on any atom is -0.508 e. The van der Waals surface area contributed by atoms with Gasteiger partial charge in [-0.2, -0.15) is 5.10 Å². The molecule has 22 heavy (non-hydrogen) atoms. The van der Waals surface area contributed by atoms with E-state index >= 15 is 0 Å². The van der Waals surface area contributed by atoms with Crippen LogP contribution in [-0.4, -0.2) is 20.8 Å². The molecule has 5 nitrogen and oxygen atoms in total. The Morgan fingerprint density at radius 2 is 2.00 bits per heavy atom. The first-order valence-corrected chi connectivity index (χ1v) is 7.52. The van der Waals surface area contributed by atoms with Gasteiger partial charge in [-0.1, -0.05) is 13.8 Å². The number of aryl methyl sites for hydroxylation is 3. The van der Waals surface area contributed by atoms with Crippen molar-refractivity contribution < 1.29 is 9.90 Å². The zero-order chi connectivity index (χ0) is 16.4. The van der Waals surface area contributed by atoms with E-state index in [2.05, 4.69) is 10.4 Å². The molecule has 1 amide bonds. The summed E-state index contributed by atoms with van der Waals surface area (Å²) in [6.07, 6.45) is 0. The Bertz CT molecular complexity index is 702. The molecule has 0 aliphatic carbocycles. The van der Waals surface area contributed by atoms with Crippen LogP contribution < -0.4 is 5.32 Å². The minimum atomic E-state index is -0.189. The van der Waals surface area contributed by atoms with Crippen molar-refractivity contribution in [2.45, 2.75) is 47.1 Å². The van der Waals surface area contributed by atoms with Crippen LogP contribution in [-0.2, 0) is 6.54 Å². The number of benzene rings is 1. The number of aromatic nitrogens is 2. The van der Waals surface area contributed by atoms with E-state index in [0.29, 0.717) is 17.9 Å². The third-order valence-electron chi connectivity index (χ3n) is 3.68. The first-order valence-electron chi connectivity index (χ1n) is 7.52. The smallest absolute Gasteiger partial charge is 0.273 e. The molecule has 0 unspecified atom stereocenters. The van der Waals surface area contributed by atoms with Crippen molar-refractivity contribution in [2.24, 2.45) is 0 Å². The molecule has 1 aromatic heterocycles. The Labute approximate surface area is 131 Å². The van der Waals surface area contributed by atoms with E-state index in [9.17, 15) is 9.90 Å². The zero-order valence-electron chi connectivity index (χ0n) is 13.8. The fraction of sp³-hybridized carbons (Fsp3) is 0.412. The summed E-state index contributed by atoms with van der Waals surface area (Å²) >= 11 is 0. The second-order valence-electron chi connectivity index (χ2n) is 5.82. The van der Waals surface area contributed by atoms with E-state index in [-0.39, 0.29) is 17.6 Å². The highest BCUT2D eigenvalue weighted by atomic mass is 16.3. The van der Waals surface area contributed by atoms with Crippen LogP contribution in [0.3, 0.4) is 0 Å². The number of hydrogen-bond acceptors (Lipinski definition) is 3. The highest BCUT2D eigenvalue weighted by molar-refractivity contribution is 6.03. The molecular weight excluding hydrogens is 278 g/mol. The first kappa shape index (κ1) is 16.1. The van der Waals surface area contributed by atoms with Crippen molar-refractivity contribution in [1.29, 1.82) is 0 Å². The Hall–Kier alpha value is -2.30. The fourth-order valence-corrected chi connectivity index (χ4v) is 2.46. The molecule has 0 fully saturated rings. The molecule has 0 saturated carbocycles. The van der Waals surface area contributed by atoms with E-state index in [1.54, 1.807) is 16.8 Å². The number of rotatable bonds is 4. The van der Waals surface area contributed by atoms with Crippen molar-refractivity contribution in [3.05, 3.63) is 40.7 Å². The van der Waals surface area contributed by atoms with Crippen molar-refractivity contribution in [1.82, 2.24) is 9.78 Å². The van der Waals surface area contributed by atoms with Crippen molar-refractivity contribution in [2.75, 3.05) is 5.32 Å². The Morgan fingerprint density at radius 1 is 1.32 bits per heavy atom. The highest BCUT2D eigenvalue weighted by Crippen LogP contribution is 2.31. The summed E-state index contributed by atoms with van der Waals surface area (Å²) in [7, 11) is 0. The molecule has 5 heteroatoms. The molecule has 2 aromatic rings. The normalized spacial score (nSPS) is 11.0. The molecule has 0 atom stereocenters. The van der Waals surface area contributed by atoms with Gasteiger partial charge in [-0.05, 0) is 56.0 Å². The maximum atomic E-state index is 12.5. The minimum absolute atomic E-state index is 0.180. The summed E-state index contributed by atoms with van der Waals surface area (Å²) in [4.78, 5) is 12.5.